The normalized spacial score (nSPS) is 15.8. The van der Waals surface area contributed by atoms with Crippen LogP contribution in [0.2, 0.25) is 0 Å². The van der Waals surface area contributed by atoms with Crippen LogP contribution in [0.1, 0.15) is 35.7 Å². The molecule has 7 heteroatoms. The Labute approximate surface area is 166 Å². The lowest BCUT2D eigenvalue weighted by atomic mass is 9.99. The minimum Gasteiger partial charge on any atom is -0.299 e. The van der Waals surface area contributed by atoms with Gasteiger partial charge in [-0.3, -0.25) is 15.0 Å². The second-order valence-corrected chi connectivity index (χ2v) is 8.39. The molecule has 0 atom stereocenters. The van der Waals surface area contributed by atoms with Crippen LogP contribution >= 0.6 is 11.3 Å². The number of amides is 1. The molecule has 4 rings (SSSR count). The van der Waals surface area contributed by atoms with Gasteiger partial charge in [0.05, 0.1) is 15.8 Å². The Morgan fingerprint density at radius 2 is 2.00 bits per heavy atom. The monoisotopic (exact) mass is 401 g/mol. The van der Waals surface area contributed by atoms with Crippen molar-refractivity contribution < 1.29 is 13.6 Å². The topological polar surface area (TPSA) is 45.2 Å². The number of anilines is 1. The number of nitrogens with one attached hydrogen (secondary N) is 1. The summed E-state index contributed by atoms with van der Waals surface area (Å²) in [5, 5.41) is 3.01. The highest BCUT2D eigenvalue weighted by molar-refractivity contribution is 7.22. The van der Waals surface area contributed by atoms with Crippen molar-refractivity contribution >= 4 is 32.6 Å². The van der Waals surface area contributed by atoms with Crippen molar-refractivity contribution in [3.63, 3.8) is 0 Å². The number of hydrogen-bond acceptors (Lipinski definition) is 4. The minimum absolute atomic E-state index is 0.208. The molecule has 28 heavy (non-hydrogen) atoms. The van der Waals surface area contributed by atoms with Crippen LogP contribution in [-0.4, -0.2) is 28.9 Å². The molecule has 0 radical (unpaired) electrons. The van der Waals surface area contributed by atoms with Gasteiger partial charge in [-0.25, -0.2) is 13.8 Å². The molecular weight excluding hydrogens is 380 g/mol. The van der Waals surface area contributed by atoms with E-state index in [4.69, 9.17) is 0 Å². The molecule has 1 aliphatic rings. The van der Waals surface area contributed by atoms with Crippen LogP contribution in [-0.2, 0) is 6.54 Å². The maximum atomic E-state index is 13.8. The van der Waals surface area contributed by atoms with E-state index in [1.165, 1.54) is 29.7 Å². The van der Waals surface area contributed by atoms with Crippen molar-refractivity contribution in [1.29, 1.82) is 0 Å². The number of rotatable bonds is 4. The highest BCUT2D eigenvalue weighted by Crippen LogP contribution is 2.28. The zero-order valence-corrected chi connectivity index (χ0v) is 16.4. The van der Waals surface area contributed by atoms with Gasteiger partial charge in [-0.1, -0.05) is 24.3 Å². The fourth-order valence-corrected chi connectivity index (χ4v) is 4.36. The number of benzene rings is 2. The van der Waals surface area contributed by atoms with E-state index in [-0.39, 0.29) is 5.56 Å². The van der Waals surface area contributed by atoms with Crippen LogP contribution in [0.3, 0.4) is 0 Å². The minimum atomic E-state index is -0.892. The van der Waals surface area contributed by atoms with Gasteiger partial charge in [-0.2, -0.15) is 0 Å². The van der Waals surface area contributed by atoms with E-state index < -0.39 is 17.5 Å². The van der Waals surface area contributed by atoms with Crippen LogP contribution in [0, 0.1) is 17.6 Å². The summed E-state index contributed by atoms with van der Waals surface area (Å²) in [7, 11) is 0. The fourth-order valence-electron chi connectivity index (χ4n) is 3.44. The van der Waals surface area contributed by atoms with Crippen LogP contribution in [0.4, 0.5) is 13.9 Å². The molecule has 1 fully saturated rings. The summed E-state index contributed by atoms with van der Waals surface area (Å²) in [4.78, 5) is 19.1. The third kappa shape index (κ3) is 4.20. The number of fused-ring (bicyclic) bond motifs is 1. The van der Waals surface area contributed by atoms with Gasteiger partial charge >= 0.3 is 0 Å². The molecule has 146 valence electrons. The Morgan fingerprint density at radius 3 is 2.75 bits per heavy atom. The van der Waals surface area contributed by atoms with Gasteiger partial charge in [0, 0.05) is 12.6 Å². The Bertz CT molecular complexity index is 1010. The van der Waals surface area contributed by atoms with Crippen molar-refractivity contribution in [2.24, 2.45) is 5.92 Å². The molecule has 3 aromatic rings. The number of carbonyl (C=O) groups excluding carboxylic acids is 1. The molecule has 1 aliphatic heterocycles. The summed E-state index contributed by atoms with van der Waals surface area (Å²) in [5.41, 5.74) is 1.80. The molecule has 1 saturated heterocycles. The third-order valence-corrected chi connectivity index (χ3v) is 6.07. The summed E-state index contributed by atoms with van der Waals surface area (Å²) in [6.45, 7) is 5.44. The standard InChI is InChI=1S/C21H21F2N3OS/c1-13-6-8-26(9-7-13)12-14-2-5-18-19(10-14)28-21(24-18)25-20(27)16-4-3-15(22)11-17(16)23/h2-5,10-11,13H,6-9,12H2,1H3,(H,24,25,27). The molecule has 2 aromatic carbocycles. The van der Waals surface area contributed by atoms with Crippen LogP contribution in [0.25, 0.3) is 10.2 Å². The number of nitrogens with zero attached hydrogens (tertiary/aromatic N) is 2. The fraction of sp³-hybridized carbons (Fsp3) is 0.333. The van der Waals surface area contributed by atoms with E-state index in [0.717, 1.165) is 47.9 Å². The maximum Gasteiger partial charge on any atom is 0.260 e. The first-order valence-corrected chi connectivity index (χ1v) is 10.2. The summed E-state index contributed by atoms with van der Waals surface area (Å²) < 4.78 is 27.8. The van der Waals surface area contributed by atoms with E-state index in [1.807, 2.05) is 6.07 Å². The first kappa shape index (κ1) is 19.0. The zero-order valence-electron chi connectivity index (χ0n) is 15.5. The Hall–Kier alpha value is -2.38. The van der Waals surface area contributed by atoms with E-state index in [1.54, 1.807) is 0 Å². The number of halogens is 2. The van der Waals surface area contributed by atoms with Gasteiger partial charge in [0.25, 0.3) is 5.91 Å². The second kappa shape index (κ2) is 7.93. The molecule has 0 spiro atoms. The van der Waals surface area contributed by atoms with Gasteiger partial charge in [-0.05, 0) is 61.7 Å². The maximum absolute atomic E-state index is 13.8. The van der Waals surface area contributed by atoms with Crippen molar-refractivity contribution in [3.05, 3.63) is 59.2 Å². The summed E-state index contributed by atoms with van der Waals surface area (Å²) in [6.07, 6.45) is 2.47. The zero-order chi connectivity index (χ0) is 19.7. The highest BCUT2D eigenvalue weighted by Gasteiger charge is 2.17. The molecule has 0 bridgehead atoms. The van der Waals surface area contributed by atoms with Crippen molar-refractivity contribution in [2.45, 2.75) is 26.3 Å². The number of carbonyl (C=O) groups is 1. The molecular formula is C21H21F2N3OS. The molecule has 2 heterocycles. The summed E-state index contributed by atoms with van der Waals surface area (Å²) in [6, 6.07) is 8.99. The van der Waals surface area contributed by atoms with Crippen LogP contribution < -0.4 is 5.32 Å². The Kier molecular flexibility index (Phi) is 5.37. The predicted octanol–water partition coefficient (Wildman–Crippen LogP) is 5.06. The molecule has 1 aromatic heterocycles. The second-order valence-electron chi connectivity index (χ2n) is 7.36. The van der Waals surface area contributed by atoms with E-state index >= 15 is 0 Å². The predicted molar refractivity (Wildman–Crippen MR) is 108 cm³/mol. The van der Waals surface area contributed by atoms with Crippen molar-refractivity contribution in [2.75, 3.05) is 18.4 Å². The average Bonchev–Trinajstić information content (AvgIpc) is 3.05. The third-order valence-electron chi connectivity index (χ3n) is 5.13. The molecule has 0 aliphatic carbocycles. The molecule has 0 saturated carbocycles. The smallest absolute Gasteiger partial charge is 0.260 e. The number of likely N-dealkylation sites (tertiary alicyclic amines) is 1. The molecule has 4 nitrogen and oxygen atoms in total. The number of hydrogen-bond donors (Lipinski definition) is 1. The number of thiazole rings is 1. The van der Waals surface area contributed by atoms with Crippen molar-refractivity contribution in [1.82, 2.24) is 9.88 Å². The van der Waals surface area contributed by atoms with E-state index in [2.05, 4.69) is 34.3 Å². The first-order chi connectivity index (χ1) is 13.5. The number of piperidine rings is 1. The first-order valence-electron chi connectivity index (χ1n) is 9.36. The van der Waals surface area contributed by atoms with E-state index in [0.29, 0.717) is 11.2 Å². The van der Waals surface area contributed by atoms with Crippen LogP contribution in [0.5, 0.6) is 0 Å². The van der Waals surface area contributed by atoms with Crippen molar-refractivity contribution in [3.8, 4) is 0 Å². The quantitative estimate of drug-likeness (QED) is 0.665. The Morgan fingerprint density at radius 1 is 1.21 bits per heavy atom. The van der Waals surface area contributed by atoms with Gasteiger partial charge in [0.2, 0.25) is 0 Å². The van der Waals surface area contributed by atoms with E-state index in [9.17, 15) is 13.6 Å². The summed E-state index contributed by atoms with van der Waals surface area (Å²) in [5.74, 6) is -1.45. The summed E-state index contributed by atoms with van der Waals surface area (Å²) >= 11 is 1.35. The number of aromatic nitrogens is 1. The lowest BCUT2D eigenvalue weighted by Crippen LogP contribution is -2.32. The van der Waals surface area contributed by atoms with Gasteiger partial charge in [0.15, 0.2) is 5.13 Å². The van der Waals surface area contributed by atoms with Gasteiger partial charge in [0.1, 0.15) is 11.6 Å². The largest absolute Gasteiger partial charge is 0.299 e. The highest BCUT2D eigenvalue weighted by atomic mass is 32.1. The molecule has 1 N–H and O–H groups in total. The lowest BCUT2D eigenvalue weighted by molar-refractivity contribution is 0.102. The van der Waals surface area contributed by atoms with Gasteiger partial charge in [-0.15, -0.1) is 0 Å². The average molecular weight is 401 g/mol. The SMILES string of the molecule is CC1CCN(Cc2ccc3nc(NC(=O)c4ccc(F)cc4F)sc3c2)CC1. The molecule has 1 amide bonds. The molecule has 0 unspecified atom stereocenters. The van der Waals surface area contributed by atoms with Crippen LogP contribution in [0.15, 0.2) is 36.4 Å². The Balaban J connectivity index is 1.47. The lowest BCUT2D eigenvalue weighted by Gasteiger charge is -2.30. The van der Waals surface area contributed by atoms with Gasteiger partial charge < -0.3 is 0 Å².